The summed E-state index contributed by atoms with van der Waals surface area (Å²) in [6, 6.07) is 0.101. The Labute approximate surface area is 91.5 Å². The molecule has 4 nitrogen and oxygen atoms in total. The summed E-state index contributed by atoms with van der Waals surface area (Å²) in [4.78, 5) is 15.7. The number of morpholine rings is 1. The minimum Gasteiger partial charge on any atom is -0.378 e. The molecule has 1 saturated heterocycles. The summed E-state index contributed by atoms with van der Waals surface area (Å²) in [7, 11) is 0. The van der Waals surface area contributed by atoms with Gasteiger partial charge in [0.25, 0.3) is 0 Å². The second-order valence-corrected chi connectivity index (χ2v) is 3.85. The lowest BCUT2D eigenvalue weighted by Gasteiger charge is -2.32. The van der Waals surface area contributed by atoms with Crippen LogP contribution in [0, 0.1) is 0 Å². The molecule has 0 aromatic heterocycles. The van der Waals surface area contributed by atoms with Crippen LogP contribution in [0.2, 0.25) is 0 Å². The van der Waals surface area contributed by atoms with Crippen LogP contribution in [0.1, 0.15) is 13.8 Å². The second-order valence-electron chi connectivity index (χ2n) is 3.85. The predicted octanol–water partition coefficient (Wildman–Crippen LogP) is 1.34. The molecular weight excluding hydrogens is 192 g/mol. The quantitative estimate of drug-likeness (QED) is 0.661. The van der Waals surface area contributed by atoms with E-state index in [9.17, 15) is 4.79 Å². The third kappa shape index (κ3) is 3.55. The van der Waals surface area contributed by atoms with Crippen molar-refractivity contribution in [2.45, 2.75) is 13.8 Å². The standard InChI is InChI=1S/C11H20N2O2/c1-4-12(9-10(2)3)11(14)13-5-7-15-8-6-13/h2,4-9H2,1,3H3. The minimum atomic E-state index is 0.101. The van der Waals surface area contributed by atoms with Gasteiger partial charge in [0.15, 0.2) is 0 Å². The molecule has 0 aromatic carbocycles. The number of urea groups is 1. The molecule has 0 spiro atoms. The summed E-state index contributed by atoms with van der Waals surface area (Å²) in [5.74, 6) is 0. The number of hydrogen-bond acceptors (Lipinski definition) is 2. The molecule has 0 radical (unpaired) electrons. The maximum Gasteiger partial charge on any atom is 0.320 e. The van der Waals surface area contributed by atoms with E-state index < -0.39 is 0 Å². The molecule has 4 heteroatoms. The number of rotatable bonds is 3. The van der Waals surface area contributed by atoms with Crippen molar-refractivity contribution in [2.24, 2.45) is 0 Å². The van der Waals surface area contributed by atoms with Gasteiger partial charge >= 0.3 is 6.03 Å². The zero-order valence-corrected chi connectivity index (χ0v) is 9.66. The van der Waals surface area contributed by atoms with E-state index in [2.05, 4.69) is 6.58 Å². The third-order valence-electron chi connectivity index (χ3n) is 2.39. The Morgan fingerprint density at radius 2 is 2.07 bits per heavy atom. The SMILES string of the molecule is C=C(C)CN(CC)C(=O)N1CCOCC1. The van der Waals surface area contributed by atoms with E-state index in [1.165, 1.54) is 0 Å². The van der Waals surface area contributed by atoms with Crippen molar-refractivity contribution in [3.05, 3.63) is 12.2 Å². The van der Waals surface area contributed by atoms with Crippen LogP contribution in [-0.2, 0) is 4.74 Å². The first-order valence-electron chi connectivity index (χ1n) is 5.41. The maximum absolute atomic E-state index is 12.0. The van der Waals surface area contributed by atoms with Gasteiger partial charge in [-0.2, -0.15) is 0 Å². The molecule has 1 fully saturated rings. The fourth-order valence-corrected chi connectivity index (χ4v) is 1.60. The van der Waals surface area contributed by atoms with E-state index in [0.29, 0.717) is 32.8 Å². The van der Waals surface area contributed by atoms with Gasteiger partial charge in [0.2, 0.25) is 0 Å². The van der Waals surface area contributed by atoms with Crippen molar-refractivity contribution in [1.29, 1.82) is 0 Å². The van der Waals surface area contributed by atoms with Crippen LogP contribution in [0.4, 0.5) is 4.79 Å². The van der Waals surface area contributed by atoms with Gasteiger partial charge in [0, 0.05) is 26.2 Å². The van der Waals surface area contributed by atoms with Crippen molar-refractivity contribution in [1.82, 2.24) is 9.80 Å². The van der Waals surface area contributed by atoms with Gasteiger partial charge in [-0.3, -0.25) is 0 Å². The number of nitrogens with zero attached hydrogens (tertiary/aromatic N) is 2. The number of likely N-dealkylation sites (N-methyl/N-ethyl adjacent to an activating group) is 1. The van der Waals surface area contributed by atoms with E-state index in [1.54, 1.807) is 0 Å². The zero-order chi connectivity index (χ0) is 11.3. The Hall–Kier alpha value is -1.03. The largest absolute Gasteiger partial charge is 0.378 e. The number of ether oxygens (including phenoxy) is 1. The van der Waals surface area contributed by atoms with E-state index in [0.717, 1.165) is 12.1 Å². The summed E-state index contributed by atoms with van der Waals surface area (Å²) >= 11 is 0. The number of carbonyl (C=O) groups is 1. The molecule has 15 heavy (non-hydrogen) atoms. The Kier molecular flexibility index (Phi) is 4.62. The third-order valence-corrected chi connectivity index (χ3v) is 2.39. The zero-order valence-electron chi connectivity index (χ0n) is 9.66. The van der Waals surface area contributed by atoms with Crippen LogP contribution in [-0.4, -0.2) is 55.2 Å². The lowest BCUT2D eigenvalue weighted by molar-refractivity contribution is 0.0444. The molecule has 0 N–H and O–H groups in total. The van der Waals surface area contributed by atoms with Gasteiger partial charge in [0.05, 0.1) is 13.2 Å². The Morgan fingerprint density at radius 3 is 2.53 bits per heavy atom. The molecule has 0 aromatic rings. The molecule has 0 bridgehead atoms. The minimum absolute atomic E-state index is 0.101. The van der Waals surface area contributed by atoms with E-state index in [-0.39, 0.29) is 6.03 Å². The normalized spacial score (nSPS) is 16.3. The average molecular weight is 212 g/mol. The molecule has 1 aliphatic rings. The fourth-order valence-electron chi connectivity index (χ4n) is 1.60. The van der Waals surface area contributed by atoms with Crippen molar-refractivity contribution in [3.63, 3.8) is 0 Å². The number of carbonyl (C=O) groups excluding carboxylic acids is 1. The smallest absolute Gasteiger partial charge is 0.320 e. The summed E-state index contributed by atoms with van der Waals surface area (Å²) in [6.07, 6.45) is 0. The van der Waals surface area contributed by atoms with Crippen LogP contribution < -0.4 is 0 Å². The second kappa shape index (κ2) is 5.75. The van der Waals surface area contributed by atoms with E-state index >= 15 is 0 Å². The molecule has 0 atom stereocenters. The molecule has 0 unspecified atom stereocenters. The number of hydrogen-bond donors (Lipinski definition) is 0. The van der Waals surface area contributed by atoms with Crippen LogP contribution in [0.3, 0.4) is 0 Å². The van der Waals surface area contributed by atoms with Crippen molar-refractivity contribution >= 4 is 6.03 Å². The van der Waals surface area contributed by atoms with Crippen LogP contribution in [0.25, 0.3) is 0 Å². The Bertz CT molecular complexity index is 235. The van der Waals surface area contributed by atoms with Crippen molar-refractivity contribution in [2.75, 3.05) is 39.4 Å². The first-order chi connectivity index (χ1) is 7.15. The monoisotopic (exact) mass is 212 g/mol. The van der Waals surface area contributed by atoms with Crippen LogP contribution in [0.15, 0.2) is 12.2 Å². The maximum atomic E-state index is 12.0. The van der Waals surface area contributed by atoms with Gasteiger partial charge in [-0.1, -0.05) is 12.2 Å². The van der Waals surface area contributed by atoms with Crippen LogP contribution >= 0.6 is 0 Å². The van der Waals surface area contributed by atoms with Crippen molar-refractivity contribution < 1.29 is 9.53 Å². The molecule has 0 saturated carbocycles. The predicted molar refractivity (Wildman–Crippen MR) is 59.8 cm³/mol. The number of amides is 2. The highest BCUT2D eigenvalue weighted by Crippen LogP contribution is 2.05. The lowest BCUT2D eigenvalue weighted by Crippen LogP contribution is -2.48. The first kappa shape index (κ1) is 12.0. The summed E-state index contributed by atoms with van der Waals surface area (Å²) in [5.41, 5.74) is 1.01. The molecule has 2 amide bonds. The molecule has 86 valence electrons. The first-order valence-corrected chi connectivity index (χ1v) is 5.41. The molecule has 1 rings (SSSR count). The van der Waals surface area contributed by atoms with E-state index in [1.807, 2.05) is 23.6 Å². The van der Waals surface area contributed by atoms with Gasteiger partial charge in [0.1, 0.15) is 0 Å². The van der Waals surface area contributed by atoms with Gasteiger partial charge in [-0.05, 0) is 13.8 Å². The van der Waals surface area contributed by atoms with Gasteiger partial charge in [-0.15, -0.1) is 0 Å². The Balaban J connectivity index is 2.50. The van der Waals surface area contributed by atoms with Crippen molar-refractivity contribution in [3.8, 4) is 0 Å². The lowest BCUT2D eigenvalue weighted by atomic mass is 10.3. The summed E-state index contributed by atoms with van der Waals surface area (Å²) < 4.78 is 5.21. The van der Waals surface area contributed by atoms with Crippen LogP contribution in [0.5, 0.6) is 0 Å². The highest BCUT2D eigenvalue weighted by Gasteiger charge is 2.21. The highest BCUT2D eigenvalue weighted by atomic mass is 16.5. The molecule has 1 aliphatic heterocycles. The van der Waals surface area contributed by atoms with E-state index in [4.69, 9.17) is 4.74 Å². The molecule has 0 aliphatic carbocycles. The Morgan fingerprint density at radius 1 is 1.47 bits per heavy atom. The van der Waals surface area contributed by atoms with Gasteiger partial charge < -0.3 is 14.5 Å². The summed E-state index contributed by atoms with van der Waals surface area (Å²) in [5, 5.41) is 0. The highest BCUT2D eigenvalue weighted by molar-refractivity contribution is 5.74. The molecular formula is C11H20N2O2. The average Bonchev–Trinajstić information content (AvgIpc) is 2.26. The topological polar surface area (TPSA) is 32.8 Å². The fraction of sp³-hybridized carbons (Fsp3) is 0.727. The molecule has 1 heterocycles. The summed E-state index contributed by atoms with van der Waals surface area (Å²) in [6.45, 7) is 11.8. The van der Waals surface area contributed by atoms with Gasteiger partial charge in [-0.25, -0.2) is 4.79 Å².